The minimum atomic E-state index is -0.106. The Balaban J connectivity index is 1.67. The van der Waals surface area contributed by atoms with Crippen molar-refractivity contribution in [3.63, 3.8) is 0 Å². The highest BCUT2D eigenvalue weighted by Crippen LogP contribution is 2.20. The lowest BCUT2D eigenvalue weighted by Gasteiger charge is -2.16. The maximum Gasteiger partial charge on any atom is 0.253 e. The fraction of sp³-hybridized carbons (Fsp3) is 0.333. The maximum absolute atomic E-state index is 12.6. The van der Waals surface area contributed by atoms with Crippen LogP contribution < -0.4 is 5.32 Å². The van der Waals surface area contributed by atoms with E-state index in [0.717, 1.165) is 5.56 Å². The van der Waals surface area contributed by atoms with E-state index in [1.54, 1.807) is 35.5 Å². The molecular weight excluding hydrogens is 304 g/mol. The number of carbonyl (C=O) groups excluding carboxylic acids is 2. The van der Waals surface area contributed by atoms with E-state index >= 15 is 0 Å². The van der Waals surface area contributed by atoms with Gasteiger partial charge in [-0.15, -0.1) is 0 Å². The van der Waals surface area contributed by atoms with Crippen LogP contribution in [-0.4, -0.2) is 46.3 Å². The molecule has 2 amide bonds. The summed E-state index contributed by atoms with van der Waals surface area (Å²) in [5, 5.41) is 2.82. The van der Waals surface area contributed by atoms with Crippen molar-refractivity contribution < 1.29 is 9.59 Å². The first kappa shape index (κ1) is 16.1. The van der Waals surface area contributed by atoms with Crippen LogP contribution in [0.15, 0.2) is 42.7 Å². The smallest absolute Gasteiger partial charge is 0.253 e. The summed E-state index contributed by atoms with van der Waals surface area (Å²) in [5.74, 6) is 0.520. The number of benzene rings is 1. The summed E-state index contributed by atoms with van der Waals surface area (Å²) >= 11 is 0. The third-order valence-electron chi connectivity index (χ3n) is 4.15. The maximum atomic E-state index is 12.6. The van der Waals surface area contributed by atoms with E-state index in [4.69, 9.17) is 0 Å². The molecule has 2 aromatic rings. The monoisotopic (exact) mass is 324 g/mol. The summed E-state index contributed by atoms with van der Waals surface area (Å²) in [6, 6.07) is 9.03. The highest BCUT2D eigenvalue weighted by molar-refractivity contribution is 5.95. The predicted octanol–water partition coefficient (Wildman–Crippen LogP) is 1.74. The van der Waals surface area contributed by atoms with Gasteiger partial charge in [-0.1, -0.05) is 12.1 Å². The number of hydrogen-bond donors (Lipinski definition) is 1. The molecule has 0 unspecified atom stereocenters. The molecule has 6 heteroatoms. The van der Waals surface area contributed by atoms with Crippen molar-refractivity contribution in [2.24, 2.45) is 5.92 Å². The lowest BCUT2D eigenvalue weighted by Crippen LogP contribution is -2.34. The second kappa shape index (κ2) is 7.21. The van der Waals surface area contributed by atoms with Gasteiger partial charge in [0.05, 0.1) is 5.92 Å². The third kappa shape index (κ3) is 3.42. The van der Waals surface area contributed by atoms with Crippen LogP contribution in [0.1, 0.15) is 23.7 Å². The normalized spacial score (nSPS) is 16.9. The number of hydrogen-bond acceptors (Lipinski definition) is 4. The van der Waals surface area contributed by atoms with Crippen molar-refractivity contribution in [3.05, 3.63) is 48.3 Å². The van der Waals surface area contributed by atoms with E-state index in [1.807, 2.05) is 19.1 Å². The van der Waals surface area contributed by atoms with E-state index in [9.17, 15) is 9.59 Å². The van der Waals surface area contributed by atoms with E-state index in [1.165, 1.54) is 0 Å². The van der Waals surface area contributed by atoms with E-state index in [-0.39, 0.29) is 17.7 Å². The standard InChI is InChI=1S/C18H20N4O2/c1-2-19-17(23)15-8-11-22(12-15)18(24)14-6-4-13(5-7-14)16-20-9-3-10-21-16/h3-7,9-10,15H,2,8,11-12H2,1H3,(H,19,23)/t15-/m0/s1. The molecular formula is C18H20N4O2. The van der Waals surface area contributed by atoms with Gasteiger partial charge in [0.2, 0.25) is 5.91 Å². The summed E-state index contributed by atoms with van der Waals surface area (Å²) < 4.78 is 0. The molecule has 124 valence electrons. The van der Waals surface area contributed by atoms with Crippen LogP contribution in [0.4, 0.5) is 0 Å². The molecule has 1 atom stereocenters. The minimum absolute atomic E-state index is 0.0318. The Morgan fingerprint density at radius 1 is 1.21 bits per heavy atom. The molecule has 0 radical (unpaired) electrons. The third-order valence-corrected chi connectivity index (χ3v) is 4.15. The summed E-state index contributed by atoms with van der Waals surface area (Å²) in [5.41, 5.74) is 1.49. The molecule has 1 aliphatic heterocycles. The molecule has 6 nitrogen and oxygen atoms in total. The number of nitrogens with one attached hydrogen (secondary N) is 1. The fourth-order valence-corrected chi connectivity index (χ4v) is 2.87. The molecule has 0 spiro atoms. The first-order chi connectivity index (χ1) is 11.7. The van der Waals surface area contributed by atoms with Crippen molar-refractivity contribution in [2.45, 2.75) is 13.3 Å². The zero-order valence-electron chi connectivity index (χ0n) is 13.6. The van der Waals surface area contributed by atoms with Gasteiger partial charge in [-0.2, -0.15) is 0 Å². The van der Waals surface area contributed by atoms with Crippen molar-refractivity contribution in [1.29, 1.82) is 0 Å². The second-order valence-corrected chi connectivity index (χ2v) is 5.78. The van der Waals surface area contributed by atoms with E-state index < -0.39 is 0 Å². The zero-order valence-corrected chi connectivity index (χ0v) is 13.6. The number of rotatable bonds is 4. The van der Waals surface area contributed by atoms with Gasteiger partial charge in [-0.05, 0) is 31.5 Å². The topological polar surface area (TPSA) is 75.2 Å². The molecule has 1 fully saturated rings. The average molecular weight is 324 g/mol. The van der Waals surface area contributed by atoms with Gasteiger partial charge < -0.3 is 10.2 Å². The van der Waals surface area contributed by atoms with Gasteiger partial charge in [0, 0.05) is 43.2 Å². The quantitative estimate of drug-likeness (QED) is 0.929. The van der Waals surface area contributed by atoms with Crippen LogP contribution in [0.5, 0.6) is 0 Å². The van der Waals surface area contributed by atoms with Gasteiger partial charge in [0.1, 0.15) is 0 Å². The minimum Gasteiger partial charge on any atom is -0.356 e. The molecule has 1 aromatic heterocycles. The molecule has 24 heavy (non-hydrogen) atoms. The highest BCUT2D eigenvalue weighted by atomic mass is 16.2. The number of amides is 2. The van der Waals surface area contributed by atoms with Crippen LogP contribution in [-0.2, 0) is 4.79 Å². The van der Waals surface area contributed by atoms with Crippen molar-refractivity contribution >= 4 is 11.8 Å². The van der Waals surface area contributed by atoms with Gasteiger partial charge in [-0.3, -0.25) is 9.59 Å². The Kier molecular flexibility index (Phi) is 4.84. The van der Waals surface area contributed by atoms with Crippen LogP contribution >= 0.6 is 0 Å². The van der Waals surface area contributed by atoms with Crippen molar-refractivity contribution in [2.75, 3.05) is 19.6 Å². The van der Waals surface area contributed by atoms with Gasteiger partial charge in [-0.25, -0.2) is 9.97 Å². The van der Waals surface area contributed by atoms with E-state index in [2.05, 4.69) is 15.3 Å². The van der Waals surface area contributed by atoms with Crippen LogP contribution in [0.2, 0.25) is 0 Å². The lowest BCUT2D eigenvalue weighted by molar-refractivity contribution is -0.124. The largest absolute Gasteiger partial charge is 0.356 e. The first-order valence-electron chi connectivity index (χ1n) is 8.13. The Hall–Kier alpha value is -2.76. The number of likely N-dealkylation sites (tertiary alicyclic amines) is 1. The van der Waals surface area contributed by atoms with E-state index in [0.29, 0.717) is 37.4 Å². The van der Waals surface area contributed by atoms with Gasteiger partial charge in [0.15, 0.2) is 5.82 Å². The predicted molar refractivity (Wildman–Crippen MR) is 90.2 cm³/mol. The van der Waals surface area contributed by atoms with Crippen LogP contribution in [0.25, 0.3) is 11.4 Å². The summed E-state index contributed by atoms with van der Waals surface area (Å²) in [7, 11) is 0. The van der Waals surface area contributed by atoms with Crippen molar-refractivity contribution in [1.82, 2.24) is 20.2 Å². The average Bonchev–Trinajstić information content (AvgIpc) is 3.12. The highest BCUT2D eigenvalue weighted by Gasteiger charge is 2.31. The van der Waals surface area contributed by atoms with Crippen LogP contribution in [0.3, 0.4) is 0 Å². The first-order valence-corrected chi connectivity index (χ1v) is 8.13. The molecule has 1 aliphatic rings. The Morgan fingerprint density at radius 2 is 1.92 bits per heavy atom. The SMILES string of the molecule is CCNC(=O)[C@H]1CCN(C(=O)c2ccc(-c3ncccn3)cc2)C1. The zero-order chi connectivity index (χ0) is 16.9. The van der Waals surface area contributed by atoms with Crippen LogP contribution in [0, 0.1) is 5.92 Å². The molecule has 2 heterocycles. The van der Waals surface area contributed by atoms with Gasteiger partial charge >= 0.3 is 0 Å². The van der Waals surface area contributed by atoms with Crippen molar-refractivity contribution in [3.8, 4) is 11.4 Å². The number of aromatic nitrogens is 2. The molecule has 1 saturated heterocycles. The summed E-state index contributed by atoms with van der Waals surface area (Å²) in [6.07, 6.45) is 4.09. The Labute approximate surface area is 140 Å². The number of nitrogens with zero attached hydrogens (tertiary/aromatic N) is 3. The Bertz CT molecular complexity index is 716. The Morgan fingerprint density at radius 3 is 2.58 bits per heavy atom. The molecule has 0 bridgehead atoms. The molecule has 1 N–H and O–H groups in total. The molecule has 3 rings (SSSR count). The summed E-state index contributed by atoms with van der Waals surface area (Å²) in [4.78, 5) is 34.6. The second-order valence-electron chi connectivity index (χ2n) is 5.78. The molecule has 1 aromatic carbocycles. The molecule has 0 saturated carbocycles. The fourth-order valence-electron chi connectivity index (χ4n) is 2.87. The molecule has 0 aliphatic carbocycles. The number of carbonyl (C=O) groups is 2. The summed E-state index contributed by atoms with van der Waals surface area (Å²) in [6.45, 7) is 3.61. The lowest BCUT2D eigenvalue weighted by atomic mass is 10.1. The van der Waals surface area contributed by atoms with Gasteiger partial charge in [0.25, 0.3) is 5.91 Å².